The van der Waals surface area contributed by atoms with Gasteiger partial charge in [0.2, 0.25) is 0 Å². The number of carbonyl (C=O) groups excluding carboxylic acids is 2. The van der Waals surface area contributed by atoms with Gasteiger partial charge in [-0.05, 0) is 43.3 Å². The van der Waals surface area contributed by atoms with Gasteiger partial charge in [0, 0.05) is 17.5 Å². The molecule has 2 amide bonds. The Morgan fingerprint density at radius 3 is 2.18 bits per heavy atom. The summed E-state index contributed by atoms with van der Waals surface area (Å²) in [5.41, 5.74) is 1.92. The van der Waals surface area contributed by atoms with Gasteiger partial charge in [0.05, 0.1) is 18.0 Å². The largest absolute Gasteiger partial charge is 0.395 e. The number of anilines is 2. The van der Waals surface area contributed by atoms with Gasteiger partial charge in [-0.1, -0.05) is 17.7 Å². The molecular formula is C19H19N3O5S. The number of aryl methyl sites for hydroxylation is 1. The third-order valence-corrected chi connectivity index (χ3v) is 5.48. The van der Waals surface area contributed by atoms with E-state index in [1.54, 1.807) is 36.4 Å². The van der Waals surface area contributed by atoms with Crippen LogP contribution in [-0.2, 0) is 19.6 Å². The number of nitrogens with zero attached hydrogens (tertiary/aromatic N) is 1. The van der Waals surface area contributed by atoms with Crippen molar-refractivity contribution in [2.45, 2.75) is 11.8 Å². The molecule has 8 nitrogen and oxygen atoms in total. The van der Waals surface area contributed by atoms with Crippen molar-refractivity contribution in [1.82, 2.24) is 4.90 Å². The Labute approximate surface area is 162 Å². The lowest BCUT2D eigenvalue weighted by atomic mass is 10.2. The predicted octanol–water partition coefficient (Wildman–Crippen LogP) is 1.45. The first-order chi connectivity index (χ1) is 13.3. The third-order valence-electron chi connectivity index (χ3n) is 4.08. The quantitative estimate of drug-likeness (QED) is 0.605. The standard InChI is InChI=1S/C19H19N3O5S/c1-13-2-8-16(9-3-13)28(26,27)21-15-6-4-14(5-7-15)20-17-12-18(24)22(10-11-23)19(17)25/h2-9,12,20-21,23H,10-11H2,1H3. The smallest absolute Gasteiger partial charge is 0.277 e. The second-order valence-electron chi connectivity index (χ2n) is 6.20. The maximum Gasteiger partial charge on any atom is 0.277 e. The molecule has 3 N–H and O–H groups in total. The SMILES string of the molecule is Cc1ccc(S(=O)(=O)Nc2ccc(NC3=CC(=O)N(CCO)C3=O)cc2)cc1. The van der Waals surface area contributed by atoms with E-state index >= 15 is 0 Å². The molecule has 0 saturated carbocycles. The highest BCUT2D eigenvalue weighted by Crippen LogP contribution is 2.21. The number of hydrogen-bond acceptors (Lipinski definition) is 6. The molecule has 0 unspecified atom stereocenters. The molecule has 9 heteroatoms. The molecule has 0 saturated heterocycles. The molecule has 1 heterocycles. The molecule has 0 spiro atoms. The van der Waals surface area contributed by atoms with Gasteiger partial charge in [0.15, 0.2) is 0 Å². The number of benzene rings is 2. The summed E-state index contributed by atoms with van der Waals surface area (Å²) >= 11 is 0. The molecule has 1 aliphatic rings. The summed E-state index contributed by atoms with van der Waals surface area (Å²) in [4.78, 5) is 25.0. The Hall–Kier alpha value is -3.17. The van der Waals surface area contributed by atoms with Crippen molar-refractivity contribution >= 4 is 33.2 Å². The molecule has 3 rings (SSSR count). The van der Waals surface area contributed by atoms with E-state index in [9.17, 15) is 18.0 Å². The van der Waals surface area contributed by atoms with Crippen LogP contribution in [0, 0.1) is 6.92 Å². The summed E-state index contributed by atoms with van der Waals surface area (Å²) in [6, 6.07) is 12.7. The number of nitrogens with one attached hydrogen (secondary N) is 2. The molecular weight excluding hydrogens is 382 g/mol. The van der Waals surface area contributed by atoms with Crippen LogP contribution >= 0.6 is 0 Å². The van der Waals surface area contributed by atoms with Gasteiger partial charge < -0.3 is 10.4 Å². The van der Waals surface area contributed by atoms with Crippen LogP contribution in [0.5, 0.6) is 0 Å². The zero-order valence-corrected chi connectivity index (χ0v) is 15.9. The highest BCUT2D eigenvalue weighted by atomic mass is 32.2. The minimum absolute atomic E-state index is 0.0704. The highest BCUT2D eigenvalue weighted by Gasteiger charge is 2.30. The number of carbonyl (C=O) groups is 2. The van der Waals surface area contributed by atoms with Gasteiger partial charge in [0.25, 0.3) is 21.8 Å². The Morgan fingerprint density at radius 1 is 0.964 bits per heavy atom. The van der Waals surface area contributed by atoms with Crippen molar-refractivity contribution in [3.63, 3.8) is 0 Å². The van der Waals surface area contributed by atoms with Crippen molar-refractivity contribution in [3.8, 4) is 0 Å². The average Bonchev–Trinajstić information content (AvgIpc) is 2.91. The summed E-state index contributed by atoms with van der Waals surface area (Å²) in [5.74, 6) is -1.02. The number of rotatable bonds is 7. The lowest BCUT2D eigenvalue weighted by molar-refractivity contribution is -0.137. The predicted molar refractivity (Wildman–Crippen MR) is 104 cm³/mol. The minimum Gasteiger partial charge on any atom is -0.395 e. The van der Waals surface area contributed by atoms with E-state index in [2.05, 4.69) is 10.0 Å². The van der Waals surface area contributed by atoms with Gasteiger partial charge in [-0.25, -0.2) is 8.42 Å². The monoisotopic (exact) mass is 401 g/mol. The lowest BCUT2D eigenvalue weighted by Gasteiger charge is -2.13. The average molecular weight is 401 g/mol. The molecule has 0 atom stereocenters. The Kier molecular flexibility index (Phi) is 5.48. The first-order valence-corrected chi connectivity index (χ1v) is 9.93. The molecule has 1 aliphatic heterocycles. The molecule has 146 valence electrons. The summed E-state index contributed by atoms with van der Waals surface area (Å²) < 4.78 is 27.3. The van der Waals surface area contributed by atoms with Crippen molar-refractivity contribution in [2.75, 3.05) is 23.2 Å². The molecule has 2 aromatic rings. The molecule has 0 aromatic heterocycles. The van der Waals surface area contributed by atoms with E-state index in [1.165, 1.54) is 12.1 Å². The summed E-state index contributed by atoms with van der Waals surface area (Å²) in [5, 5.41) is 11.7. The van der Waals surface area contributed by atoms with E-state index in [4.69, 9.17) is 5.11 Å². The lowest BCUT2D eigenvalue weighted by Crippen LogP contribution is -2.34. The normalized spacial score (nSPS) is 14.2. The van der Waals surface area contributed by atoms with Crippen LogP contribution in [0.15, 0.2) is 65.2 Å². The van der Waals surface area contributed by atoms with E-state index in [0.717, 1.165) is 16.5 Å². The van der Waals surface area contributed by atoms with Gasteiger partial charge in [-0.2, -0.15) is 0 Å². The van der Waals surface area contributed by atoms with Gasteiger partial charge in [0.1, 0.15) is 5.70 Å². The summed E-state index contributed by atoms with van der Waals surface area (Å²) in [7, 11) is -3.71. The fourth-order valence-corrected chi connectivity index (χ4v) is 3.68. The van der Waals surface area contributed by atoms with Crippen LogP contribution in [0.3, 0.4) is 0 Å². The number of aliphatic hydroxyl groups excluding tert-OH is 1. The van der Waals surface area contributed by atoms with Crippen LogP contribution in [0.4, 0.5) is 11.4 Å². The van der Waals surface area contributed by atoms with Crippen LogP contribution in [0.2, 0.25) is 0 Å². The second-order valence-corrected chi connectivity index (χ2v) is 7.88. The van der Waals surface area contributed by atoms with E-state index in [0.29, 0.717) is 11.4 Å². The first-order valence-electron chi connectivity index (χ1n) is 8.45. The Balaban J connectivity index is 1.69. The van der Waals surface area contributed by atoms with Gasteiger partial charge in [-0.15, -0.1) is 0 Å². The van der Waals surface area contributed by atoms with Crippen LogP contribution in [0.1, 0.15) is 5.56 Å². The number of β-amino-alcohol motifs (C(OH)–C–C–N with tert-alkyl or cyclic N) is 1. The summed E-state index contributed by atoms with van der Waals surface area (Å²) in [6.07, 6.45) is 1.16. The van der Waals surface area contributed by atoms with E-state index in [-0.39, 0.29) is 23.7 Å². The van der Waals surface area contributed by atoms with Crippen molar-refractivity contribution in [2.24, 2.45) is 0 Å². The van der Waals surface area contributed by atoms with Crippen LogP contribution in [0.25, 0.3) is 0 Å². The molecule has 0 aliphatic carbocycles. The maximum atomic E-state index is 12.4. The summed E-state index contributed by atoms with van der Waals surface area (Å²) in [6.45, 7) is 1.49. The fraction of sp³-hybridized carbons (Fsp3) is 0.158. The Bertz CT molecular complexity index is 1030. The minimum atomic E-state index is -3.71. The topological polar surface area (TPSA) is 116 Å². The second kappa shape index (κ2) is 7.83. The molecule has 0 radical (unpaired) electrons. The maximum absolute atomic E-state index is 12.4. The molecule has 2 aromatic carbocycles. The molecule has 0 fully saturated rings. The van der Waals surface area contributed by atoms with E-state index < -0.39 is 21.8 Å². The fourth-order valence-electron chi connectivity index (χ4n) is 2.62. The van der Waals surface area contributed by atoms with E-state index in [1.807, 2.05) is 6.92 Å². The third kappa shape index (κ3) is 4.21. The van der Waals surface area contributed by atoms with Crippen LogP contribution < -0.4 is 10.0 Å². The van der Waals surface area contributed by atoms with Crippen molar-refractivity contribution < 1.29 is 23.1 Å². The van der Waals surface area contributed by atoms with Crippen LogP contribution in [-0.4, -0.2) is 43.4 Å². The highest BCUT2D eigenvalue weighted by molar-refractivity contribution is 7.92. The number of sulfonamides is 1. The number of imide groups is 1. The van der Waals surface area contributed by atoms with Crippen molar-refractivity contribution in [3.05, 3.63) is 65.9 Å². The molecule has 0 bridgehead atoms. The number of aliphatic hydroxyl groups is 1. The Morgan fingerprint density at radius 2 is 1.57 bits per heavy atom. The first kappa shape index (κ1) is 19.6. The zero-order chi connectivity index (χ0) is 20.3. The molecule has 28 heavy (non-hydrogen) atoms. The van der Waals surface area contributed by atoms with Crippen molar-refractivity contribution in [1.29, 1.82) is 0 Å². The van der Waals surface area contributed by atoms with Gasteiger partial charge >= 0.3 is 0 Å². The number of amides is 2. The number of hydrogen-bond donors (Lipinski definition) is 3. The zero-order valence-electron chi connectivity index (χ0n) is 15.0. The van der Waals surface area contributed by atoms with Gasteiger partial charge in [-0.3, -0.25) is 19.2 Å².